The highest BCUT2D eigenvalue weighted by Gasteiger charge is 2.13. The number of anilines is 2. The SMILES string of the molecule is C=CC(=O)N(C)c1ccc(C(=O)Nc2ccc(F)cc2OCC#N)cc1. The summed E-state index contributed by atoms with van der Waals surface area (Å²) in [5, 5.41) is 11.2. The first-order valence-corrected chi connectivity index (χ1v) is 7.57. The number of carbonyl (C=O) groups is 2. The van der Waals surface area contributed by atoms with Gasteiger partial charge in [0.25, 0.3) is 5.91 Å². The molecular formula is C19H16FN3O3. The molecule has 0 aliphatic carbocycles. The highest BCUT2D eigenvalue weighted by molar-refractivity contribution is 6.06. The van der Waals surface area contributed by atoms with Crippen molar-refractivity contribution in [1.29, 1.82) is 5.26 Å². The molecule has 0 aromatic heterocycles. The third-order valence-corrected chi connectivity index (χ3v) is 3.51. The molecule has 2 amide bonds. The summed E-state index contributed by atoms with van der Waals surface area (Å²) in [6.07, 6.45) is 1.19. The number of nitrogens with one attached hydrogen (secondary N) is 1. The van der Waals surface area contributed by atoms with Crippen LogP contribution in [0, 0.1) is 17.1 Å². The fraction of sp³-hybridized carbons (Fsp3) is 0.105. The van der Waals surface area contributed by atoms with Crippen LogP contribution in [0.15, 0.2) is 55.1 Å². The zero-order chi connectivity index (χ0) is 19.1. The van der Waals surface area contributed by atoms with Crippen LogP contribution >= 0.6 is 0 Å². The minimum absolute atomic E-state index is 0.0628. The van der Waals surface area contributed by atoms with Gasteiger partial charge >= 0.3 is 0 Å². The summed E-state index contributed by atoms with van der Waals surface area (Å²) in [6, 6.07) is 11.7. The number of amides is 2. The number of hydrogen-bond donors (Lipinski definition) is 1. The molecule has 0 radical (unpaired) electrons. The smallest absolute Gasteiger partial charge is 0.255 e. The van der Waals surface area contributed by atoms with E-state index in [0.29, 0.717) is 11.3 Å². The number of likely N-dealkylation sites (N-methyl/N-ethyl adjacent to an activating group) is 1. The third kappa shape index (κ3) is 4.45. The summed E-state index contributed by atoms with van der Waals surface area (Å²) in [5.74, 6) is -1.20. The first kappa shape index (κ1) is 18.7. The van der Waals surface area contributed by atoms with Gasteiger partial charge in [-0.25, -0.2) is 4.39 Å². The van der Waals surface area contributed by atoms with Crippen molar-refractivity contribution in [2.75, 3.05) is 23.9 Å². The fourth-order valence-corrected chi connectivity index (χ4v) is 2.12. The Morgan fingerprint density at radius 3 is 2.62 bits per heavy atom. The summed E-state index contributed by atoms with van der Waals surface area (Å²) in [7, 11) is 1.59. The van der Waals surface area contributed by atoms with Gasteiger partial charge in [-0.15, -0.1) is 0 Å². The van der Waals surface area contributed by atoms with Gasteiger partial charge in [-0.1, -0.05) is 6.58 Å². The van der Waals surface area contributed by atoms with Crippen LogP contribution in [0.4, 0.5) is 15.8 Å². The molecule has 132 valence electrons. The van der Waals surface area contributed by atoms with Crippen molar-refractivity contribution in [3.05, 3.63) is 66.5 Å². The summed E-state index contributed by atoms with van der Waals surface area (Å²) in [6.45, 7) is 3.15. The Morgan fingerprint density at radius 1 is 1.31 bits per heavy atom. The molecule has 2 aromatic carbocycles. The molecule has 0 saturated heterocycles. The molecule has 2 rings (SSSR count). The number of ether oxygens (including phenoxy) is 1. The first-order valence-electron chi connectivity index (χ1n) is 7.57. The van der Waals surface area contributed by atoms with Gasteiger partial charge in [0, 0.05) is 24.4 Å². The number of rotatable bonds is 6. The maximum Gasteiger partial charge on any atom is 0.255 e. The molecule has 0 aliphatic rings. The molecule has 0 spiro atoms. The normalized spacial score (nSPS) is 9.73. The number of nitrogens with zero attached hydrogens (tertiary/aromatic N) is 2. The molecule has 7 heteroatoms. The van der Waals surface area contributed by atoms with Crippen molar-refractivity contribution in [3.8, 4) is 11.8 Å². The second-order valence-electron chi connectivity index (χ2n) is 5.19. The fourth-order valence-electron chi connectivity index (χ4n) is 2.12. The standard InChI is InChI=1S/C19H16FN3O3/c1-3-18(24)23(2)15-7-4-13(5-8-15)19(25)22-16-9-6-14(20)12-17(16)26-11-10-21/h3-9,12H,1,11H2,2H3,(H,22,25). The maximum absolute atomic E-state index is 13.3. The number of nitriles is 1. The molecule has 0 bridgehead atoms. The quantitative estimate of drug-likeness (QED) is 0.809. The van der Waals surface area contributed by atoms with Crippen molar-refractivity contribution in [2.45, 2.75) is 0 Å². The molecule has 0 heterocycles. The van der Waals surface area contributed by atoms with Crippen molar-refractivity contribution >= 4 is 23.2 Å². The van der Waals surface area contributed by atoms with Gasteiger partial charge in [0.15, 0.2) is 6.61 Å². The van der Waals surface area contributed by atoms with E-state index in [1.54, 1.807) is 37.4 Å². The lowest BCUT2D eigenvalue weighted by Gasteiger charge is -2.15. The molecule has 26 heavy (non-hydrogen) atoms. The second-order valence-corrected chi connectivity index (χ2v) is 5.19. The third-order valence-electron chi connectivity index (χ3n) is 3.51. The minimum Gasteiger partial charge on any atom is -0.476 e. The summed E-state index contributed by atoms with van der Waals surface area (Å²) >= 11 is 0. The molecule has 6 nitrogen and oxygen atoms in total. The lowest BCUT2D eigenvalue weighted by atomic mass is 10.1. The van der Waals surface area contributed by atoms with Crippen LogP contribution in [0.3, 0.4) is 0 Å². The minimum atomic E-state index is -0.546. The number of hydrogen-bond acceptors (Lipinski definition) is 4. The van der Waals surface area contributed by atoms with Crippen LogP contribution in [0.2, 0.25) is 0 Å². The lowest BCUT2D eigenvalue weighted by Crippen LogP contribution is -2.23. The van der Waals surface area contributed by atoms with E-state index >= 15 is 0 Å². The number of halogens is 1. The average Bonchev–Trinajstić information content (AvgIpc) is 2.66. The highest BCUT2D eigenvalue weighted by Crippen LogP contribution is 2.26. The van der Waals surface area contributed by atoms with E-state index in [9.17, 15) is 14.0 Å². The van der Waals surface area contributed by atoms with Crippen LogP contribution in [0.5, 0.6) is 5.75 Å². The molecule has 0 aliphatic heterocycles. The van der Waals surface area contributed by atoms with Gasteiger partial charge in [-0.3, -0.25) is 9.59 Å². The van der Waals surface area contributed by atoms with Crippen LogP contribution in [-0.2, 0) is 4.79 Å². The Balaban J connectivity index is 2.17. The molecule has 0 unspecified atom stereocenters. The zero-order valence-corrected chi connectivity index (χ0v) is 14.0. The van der Waals surface area contributed by atoms with E-state index in [-0.39, 0.29) is 24.0 Å². The monoisotopic (exact) mass is 353 g/mol. The Bertz CT molecular complexity index is 873. The van der Waals surface area contributed by atoms with Crippen LogP contribution in [0.1, 0.15) is 10.4 Å². The van der Waals surface area contributed by atoms with Gasteiger partial charge < -0.3 is 15.0 Å². The van der Waals surface area contributed by atoms with Crippen LogP contribution in [-0.4, -0.2) is 25.5 Å². The molecule has 2 aromatic rings. The van der Waals surface area contributed by atoms with Gasteiger partial charge in [-0.2, -0.15) is 5.26 Å². The van der Waals surface area contributed by atoms with Crippen LogP contribution < -0.4 is 15.0 Å². The molecular weight excluding hydrogens is 337 g/mol. The van der Waals surface area contributed by atoms with Crippen LogP contribution in [0.25, 0.3) is 0 Å². The van der Waals surface area contributed by atoms with Gasteiger partial charge in [0.1, 0.15) is 17.6 Å². The topological polar surface area (TPSA) is 82.4 Å². The maximum atomic E-state index is 13.3. The molecule has 0 fully saturated rings. The van der Waals surface area contributed by atoms with Gasteiger partial charge in [0.2, 0.25) is 5.91 Å². The van der Waals surface area contributed by atoms with Crippen molar-refractivity contribution in [3.63, 3.8) is 0 Å². The Labute approximate surface area is 150 Å². The van der Waals surface area contributed by atoms with Crippen molar-refractivity contribution in [2.24, 2.45) is 0 Å². The Morgan fingerprint density at radius 2 is 2.00 bits per heavy atom. The lowest BCUT2D eigenvalue weighted by molar-refractivity contribution is -0.113. The van der Waals surface area contributed by atoms with E-state index in [2.05, 4.69) is 11.9 Å². The Hall–Kier alpha value is -3.66. The van der Waals surface area contributed by atoms with E-state index in [1.165, 1.54) is 23.1 Å². The summed E-state index contributed by atoms with van der Waals surface area (Å²) in [4.78, 5) is 25.4. The Kier molecular flexibility index (Phi) is 6.06. The van der Waals surface area contributed by atoms with E-state index in [4.69, 9.17) is 10.00 Å². The summed E-state index contributed by atoms with van der Waals surface area (Å²) in [5.41, 5.74) is 1.18. The predicted octanol–water partition coefficient (Wildman–Crippen LogP) is 3.13. The van der Waals surface area contributed by atoms with Crippen molar-refractivity contribution in [1.82, 2.24) is 0 Å². The van der Waals surface area contributed by atoms with E-state index in [1.807, 2.05) is 0 Å². The summed E-state index contributed by atoms with van der Waals surface area (Å²) < 4.78 is 18.5. The highest BCUT2D eigenvalue weighted by atomic mass is 19.1. The number of carbonyl (C=O) groups excluding carboxylic acids is 2. The molecule has 0 saturated carbocycles. The van der Waals surface area contributed by atoms with Crippen molar-refractivity contribution < 1.29 is 18.7 Å². The largest absolute Gasteiger partial charge is 0.476 e. The average molecular weight is 353 g/mol. The predicted molar refractivity (Wildman–Crippen MR) is 95.5 cm³/mol. The van der Waals surface area contributed by atoms with E-state index in [0.717, 1.165) is 6.07 Å². The number of benzene rings is 2. The molecule has 0 atom stereocenters. The van der Waals surface area contributed by atoms with Gasteiger partial charge in [-0.05, 0) is 42.5 Å². The van der Waals surface area contributed by atoms with Gasteiger partial charge in [0.05, 0.1) is 5.69 Å². The zero-order valence-electron chi connectivity index (χ0n) is 14.0. The first-order chi connectivity index (χ1) is 12.5. The second kappa shape index (κ2) is 8.44. The molecule has 1 N–H and O–H groups in total. The van der Waals surface area contributed by atoms with E-state index < -0.39 is 11.7 Å².